The number of rotatable bonds is 2. The lowest BCUT2D eigenvalue weighted by Gasteiger charge is -2.37. The van der Waals surface area contributed by atoms with E-state index in [1.807, 2.05) is 0 Å². The molecule has 112 valence electrons. The van der Waals surface area contributed by atoms with Crippen LogP contribution < -0.4 is 0 Å². The number of benzene rings is 2. The highest BCUT2D eigenvalue weighted by Gasteiger charge is 2.32. The van der Waals surface area contributed by atoms with Crippen molar-refractivity contribution in [3.8, 4) is 0 Å². The molecule has 0 saturated heterocycles. The number of thioether (sulfide) groups is 1. The Morgan fingerprint density at radius 1 is 0.773 bits per heavy atom. The molecule has 0 radical (unpaired) electrons. The van der Waals surface area contributed by atoms with Crippen molar-refractivity contribution in [3.05, 3.63) is 77.4 Å². The van der Waals surface area contributed by atoms with E-state index in [-0.39, 0.29) is 0 Å². The zero-order valence-electron chi connectivity index (χ0n) is 12.9. The average molecular weight is 306 g/mol. The maximum absolute atomic E-state index is 2.30. The second kappa shape index (κ2) is 6.34. The van der Waals surface area contributed by atoms with Gasteiger partial charge in [-0.15, -0.1) is 11.8 Å². The molecular weight excluding hydrogens is 284 g/mol. The summed E-state index contributed by atoms with van der Waals surface area (Å²) in [5, 5.41) is 1.35. The van der Waals surface area contributed by atoms with Gasteiger partial charge in [-0.2, -0.15) is 0 Å². The molecule has 2 atom stereocenters. The molecular formula is C21H22S. The first-order valence-corrected chi connectivity index (χ1v) is 9.34. The number of fused-ring (bicyclic) bond motifs is 1. The lowest BCUT2D eigenvalue weighted by Crippen LogP contribution is -2.20. The van der Waals surface area contributed by atoms with Crippen LogP contribution in [0.4, 0.5) is 0 Å². The third-order valence-corrected chi connectivity index (χ3v) is 6.57. The SMILES string of the molecule is c1ccc(C2=C3CCCCC3SC(c3ccccc3)C2)cc1. The Bertz CT molecular complexity index is 657. The van der Waals surface area contributed by atoms with Crippen molar-refractivity contribution >= 4 is 17.3 Å². The van der Waals surface area contributed by atoms with Crippen molar-refractivity contribution in [1.82, 2.24) is 0 Å². The molecule has 0 N–H and O–H groups in total. The van der Waals surface area contributed by atoms with Gasteiger partial charge in [0.2, 0.25) is 0 Å². The van der Waals surface area contributed by atoms with Gasteiger partial charge in [-0.3, -0.25) is 0 Å². The van der Waals surface area contributed by atoms with Crippen molar-refractivity contribution in [1.29, 1.82) is 0 Å². The number of allylic oxidation sites excluding steroid dienone is 1. The highest BCUT2D eigenvalue weighted by atomic mass is 32.2. The standard InChI is InChI=1S/C21H22S/c1-3-9-16(10-4-1)19-15-21(17-11-5-2-6-12-17)22-20-14-8-7-13-18(19)20/h1-6,9-12,20-21H,7-8,13-15H2. The third-order valence-electron chi connectivity index (χ3n) is 4.95. The van der Waals surface area contributed by atoms with Gasteiger partial charge in [-0.25, -0.2) is 0 Å². The molecule has 1 heteroatoms. The summed E-state index contributed by atoms with van der Waals surface area (Å²) in [5.74, 6) is 0. The fourth-order valence-electron chi connectivity index (χ4n) is 3.85. The largest absolute Gasteiger partial charge is 0.146 e. The highest BCUT2D eigenvalue weighted by molar-refractivity contribution is 8.00. The average Bonchev–Trinajstić information content (AvgIpc) is 2.62. The molecule has 0 aromatic heterocycles. The molecule has 1 aliphatic heterocycles. The molecule has 0 bridgehead atoms. The quantitative estimate of drug-likeness (QED) is 0.631. The third kappa shape index (κ3) is 2.75. The van der Waals surface area contributed by atoms with Crippen molar-refractivity contribution in [2.45, 2.75) is 42.6 Å². The van der Waals surface area contributed by atoms with Crippen LogP contribution in [0.3, 0.4) is 0 Å². The Balaban J connectivity index is 1.74. The molecule has 22 heavy (non-hydrogen) atoms. The monoisotopic (exact) mass is 306 g/mol. The maximum atomic E-state index is 2.30. The Kier molecular flexibility index (Phi) is 4.07. The summed E-state index contributed by atoms with van der Waals surface area (Å²) in [7, 11) is 0. The van der Waals surface area contributed by atoms with Gasteiger partial charge in [0.1, 0.15) is 0 Å². The molecule has 2 aromatic rings. The van der Waals surface area contributed by atoms with Gasteiger partial charge in [0, 0.05) is 10.5 Å². The second-order valence-corrected chi connectivity index (χ2v) is 7.75. The topological polar surface area (TPSA) is 0 Å². The van der Waals surface area contributed by atoms with Gasteiger partial charge in [-0.05, 0) is 42.4 Å². The van der Waals surface area contributed by atoms with Crippen LogP contribution in [-0.4, -0.2) is 5.25 Å². The summed E-state index contributed by atoms with van der Waals surface area (Å²) in [6.45, 7) is 0. The van der Waals surface area contributed by atoms with E-state index in [2.05, 4.69) is 72.4 Å². The Labute approximate surface area is 137 Å². The predicted octanol–water partition coefficient (Wildman–Crippen LogP) is 6.26. The predicted molar refractivity (Wildman–Crippen MR) is 97.0 cm³/mol. The summed E-state index contributed by atoms with van der Waals surface area (Å²) in [6.07, 6.45) is 6.62. The molecule has 1 aliphatic carbocycles. The van der Waals surface area contributed by atoms with Crippen LogP contribution in [-0.2, 0) is 0 Å². The van der Waals surface area contributed by atoms with Crippen LogP contribution in [0.5, 0.6) is 0 Å². The van der Waals surface area contributed by atoms with E-state index in [1.165, 1.54) is 43.2 Å². The van der Waals surface area contributed by atoms with E-state index in [9.17, 15) is 0 Å². The van der Waals surface area contributed by atoms with E-state index in [0.717, 1.165) is 5.25 Å². The Morgan fingerprint density at radius 3 is 2.27 bits per heavy atom. The van der Waals surface area contributed by atoms with E-state index in [0.29, 0.717) is 5.25 Å². The molecule has 0 spiro atoms. The van der Waals surface area contributed by atoms with Gasteiger partial charge in [-0.1, -0.05) is 72.7 Å². The summed E-state index contributed by atoms with van der Waals surface area (Å²) in [5.41, 5.74) is 6.32. The minimum absolute atomic E-state index is 0.614. The summed E-state index contributed by atoms with van der Waals surface area (Å²) >= 11 is 2.21. The minimum Gasteiger partial charge on any atom is -0.146 e. The van der Waals surface area contributed by atoms with Gasteiger partial charge >= 0.3 is 0 Å². The van der Waals surface area contributed by atoms with Crippen LogP contribution in [0.2, 0.25) is 0 Å². The zero-order valence-corrected chi connectivity index (χ0v) is 13.7. The van der Waals surface area contributed by atoms with Crippen molar-refractivity contribution in [3.63, 3.8) is 0 Å². The normalized spacial score (nSPS) is 24.9. The molecule has 1 fully saturated rings. The molecule has 2 aromatic carbocycles. The first kappa shape index (κ1) is 14.1. The fraction of sp³-hybridized carbons (Fsp3) is 0.333. The lowest BCUT2D eigenvalue weighted by atomic mass is 9.84. The van der Waals surface area contributed by atoms with Crippen molar-refractivity contribution in [2.24, 2.45) is 0 Å². The summed E-state index contributed by atoms with van der Waals surface area (Å²) < 4.78 is 0. The zero-order chi connectivity index (χ0) is 14.8. The van der Waals surface area contributed by atoms with Gasteiger partial charge < -0.3 is 0 Å². The fourth-order valence-corrected chi connectivity index (χ4v) is 5.55. The number of hydrogen-bond donors (Lipinski definition) is 0. The number of hydrogen-bond acceptors (Lipinski definition) is 1. The van der Waals surface area contributed by atoms with Crippen LogP contribution in [0.25, 0.3) is 5.57 Å². The summed E-state index contributed by atoms with van der Waals surface area (Å²) in [4.78, 5) is 0. The highest BCUT2D eigenvalue weighted by Crippen LogP contribution is 2.52. The molecule has 0 amide bonds. The molecule has 2 unspecified atom stereocenters. The first-order valence-electron chi connectivity index (χ1n) is 8.39. The Hall–Kier alpha value is -1.47. The van der Waals surface area contributed by atoms with E-state index in [1.54, 1.807) is 11.1 Å². The second-order valence-electron chi connectivity index (χ2n) is 6.34. The first-order chi connectivity index (χ1) is 10.9. The van der Waals surface area contributed by atoms with Crippen LogP contribution in [0, 0.1) is 0 Å². The molecule has 1 saturated carbocycles. The Morgan fingerprint density at radius 2 is 1.50 bits per heavy atom. The van der Waals surface area contributed by atoms with Crippen molar-refractivity contribution < 1.29 is 0 Å². The lowest BCUT2D eigenvalue weighted by molar-refractivity contribution is 0.602. The molecule has 0 nitrogen and oxygen atoms in total. The van der Waals surface area contributed by atoms with E-state index >= 15 is 0 Å². The molecule has 2 aliphatic rings. The molecule has 4 rings (SSSR count). The molecule has 1 heterocycles. The van der Waals surface area contributed by atoms with E-state index < -0.39 is 0 Å². The van der Waals surface area contributed by atoms with Crippen molar-refractivity contribution in [2.75, 3.05) is 0 Å². The van der Waals surface area contributed by atoms with Gasteiger partial charge in [0.15, 0.2) is 0 Å². The van der Waals surface area contributed by atoms with Crippen LogP contribution in [0.15, 0.2) is 66.2 Å². The maximum Gasteiger partial charge on any atom is 0.0343 e. The van der Waals surface area contributed by atoms with E-state index in [4.69, 9.17) is 0 Å². The van der Waals surface area contributed by atoms with Crippen LogP contribution in [0.1, 0.15) is 48.5 Å². The van der Waals surface area contributed by atoms with Gasteiger partial charge in [0.25, 0.3) is 0 Å². The van der Waals surface area contributed by atoms with Gasteiger partial charge in [0.05, 0.1) is 0 Å². The summed E-state index contributed by atoms with van der Waals surface area (Å²) in [6, 6.07) is 22.2. The van der Waals surface area contributed by atoms with Crippen LogP contribution >= 0.6 is 11.8 Å². The minimum atomic E-state index is 0.614. The smallest absolute Gasteiger partial charge is 0.0343 e.